The SMILES string of the molecule is COC(=O)[C@]1(O)CC/C=C\[C@H](O)CC1. The monoisotopic (exact) mass is 200 g/mol. The van der Waals surface area contributed by atoms with E-state index in [2.05, 4.69) is 4.74 Å². The third kappa shape index (κ3) is 2.56. The van der Waals surface area contributed by atoms with Crippen LogP contribution in [0.25, 0.3) is 0 Å². The van der Waals surface area contributed by atoms with E-state index in [1.54, 1.807) is 12.2 Å². The molecule has 0 aromatic carbocycles. The molecule has 1 rings (SSSR count). The second-order valence-electron chi connectivity index (χ2n) is 3.60. The molecule has 0 saturated heterocycles. The van der Waals surface area contributed by atoms with Gasteiger partial charge in [-0.05, 0) is 25.7 Å². The molecule has 0 bridgehead atoms. The van der Waals surface area contributed by atoms with E-state index in [1.165, 1.54) is 7.11 Å². The fourth-order valence-corrected chi connectivity index (χ4v) is 1.58. The van der Waals surface area contributed by atoms with Crippen LogP contribution in [0.1, 0.15) is 25.7 Å². The Bertz CT molecular complexity index is 236. The van der Waals surface area contributed by atoms with Crippen LogP contribution in [0, 0.1) is 0 Å². The van der Waals surface area contributed by atoms with Crippen LogP contribution in [0.4, 0.5) is 0 Å². The summed E-state index contributed by atoms with van der Waals surface area (Å²) in [5.41, 5.74) is -1.43. The molecule has 1 aliphatic carbocycles. The van der Waals surface area contributed by atoms with Crippen molar-refractivity contribution in [2.45, 2.75) is 37.4 Å². The number of allylic oxidation sites excluding steroid dienone is 1. The molecule has 14 heavy (non-hydrogen) atoms. The first-order valence-corrected chi connectivity index (χ1v) is 4.74. The Hall–Kier alpha value is -0.870. The van der Waals surface area contributed by atoms with Gasteiger partial charge in [0.25, 0.3) is 0 Å². The van der Waals surface area contributed by atoms with Gasteiger partial charge in [0.2, 0.25) is 0 Å². The van der Waals surface area contributed by atoms with Crippen molar-refractivity contribution in [3.8, 4) is 0 Å². The Labute approximate surface area is 83.2 Å². The zero-order valence-electron chi connectivity index (χ0n) is 8.27. The lowest BCUT2D eigenvalue weighted by molar-refractivity contribution is -0.164. The van der Waals surface area contributed by atoms with Crippen LogP contribution >= 0.6 is 0 Å². The van der Waals surface area contributed by atoms with Gasteiger partial charge in [-0.1, -0.05) is 12.2 Å². The smallest absolute Gasteiger partial charge is 0.337 e. The van der Waals surface area contributed by atoms with Crippen LogP contribution in [0.5, 0.6) is 0 Å². The van der Waals surface area contributed by atoms with Crippen LogP contribution in [-0.2, 0) is 9.53 Å². The second-order valence-corrected chi connectivity index (χ2v) is 3.60. The summed E-state index contributed by atoms with van der Waals surface area (Å²) in [5, 5.41) is 19.3. The summed E-state index contributed by atoms with van der Waals surface area (Å²) in [6.45, 7) is 0. The fraction of sp³-hybridized carbons (Fsp3) is 0.700. The average molecular weight is 200 g/mol. The van der Waals surface area contributed by atoms with Gasteiger partial charge >= 0.3 is 5.97 Å². The number of aliphatic hydroxyl groups excluding tert-OH is 1. The van der Waals surface area contributed by atoms with Crippen molar-refractivity contribution in [1.82, 2.24) is 0 Å². The van der Waals surface area contributed by atoms with E-state index in [-0.39, 0.29) is 6.42 Å². The highest BCUT2D eigenvalue weighted by Crippen LogP contribution is 2.24. The van der Waals surface area contributed by atoms with Crippen molar-refractivity contribution in [1.29, 1.82) is 0 Å². The summed E-state index contributed by atoms with van der Waals surface area (Å²) < 4.78 is 4.53. The molecule has 4 nitrogen and oxygen atoms in total. The van der Waals surface area contributed by atoms with E-state index in [9.17, 15) is 15.0 Å². The van der Waals surface area contributed by atoms with E-state index < -0.39 is 17.7 Å². The zero-order chi connectivity index (χ0) is 10.6. The number of hydrogen-bond donors (Lipinski definition) is 2. The molecule has 0 aromatic rings. The van der Waals surface area contributed by atoms with Gasteiger partial charge in [-0.3, -0.25) is 0 Å². The van der Waals surface area contributed by atoms with Gasteiger partial charge in [0.05, 0.1) is 13.2 Å². The first kappa shape index (κ1) is 11.2. The zero-order valence-corrected chi connectivity index (χ0v) is 8.27. The Kier molecular flexibility index (Phi) is 3.66. The van der Waals surface area contributed by atoms with Crippen LogP contribution < -0.4 is 0 Å². The lowest BCUT2D eigenvalue weighted by atomic mass is 9.89. The van der Waals surface area contributed by atoms with Gasteiger partial charge in [-0.2, -0.15) is 0 Å². The Balaban J connectivity index is 2.69. The van der Waals surface area contributed by atoms with Crippen molar-refractivity contribution in [3.63, 3.8) is 0 Å². The lowest BCUT2D eigenvalue weighted by Gasteiger charge is -2.26. The Morgan fingerprint density at radius 1 is 1.57 bits per heavy atom. The standard InChI is InChI=1S/C10H16O4/c1-14-9(12)10(13)6-3-2-4-8(11)5-7-10/h2,4,8,11,13H,3,5-7H2,1H3/b4-2-/t8-,10-/m0/s1. The number of methoxy groups -OCH3 is 1. The van der Waals surface area contributed by atoms with Crippen molar-refractivity contribution in [3.05, 3.63) is 12.2 Å². The average Bonchev–Trinajstić information content (AvgIpc) is 2.18. The first-order valence-electron chi connectivity index (χ1n) is 4.74. The number of hydrogen-bond acceptors (Lipinski definition) is 4. The molecule has 0 aliphatic heterocycles. The van der Waals surface area contributed by atoms with Gasteiger partial charge in [0.1, 0.15) is 0 Å². The van der Waals surface area contributed by atoms with Crippen molar-refractivity contribution < 1.29 is 19.7 Å². The van der Waals surface area contributed by atoms with Crippen molar-refractivity contribution in [2.75, 3.05) is 7.11 Å². The molecule has 2 atom stereocenters. The fourth-order valence-electron chi connectivity index (χ4n) is 1.58. The van der Waals surface area contributed by atoms with Crippen molar-refractivity contribution >= 4 is 5.97 Å². The molecule has 0 saturated carbocycles. The first-order chi connectivity index (χ1) is 6.58. The predicted octanol–water partition coefficient (Wildman–Crippen LogP) is 0.382. The molecule has 2 N–H and O–H groups in total. The molecule has 4 heteroatoms. The maximum atomic E-state index is 11.3. The summed E-state index contributed by atoms with van der Waals surface area (Å²) in [4.78, 5) is 11.3. The molecule has 0 aromatic heterocycles. The summed E-state index contributed by atoms with van der Waals surface area (Å²) in [7, 11) is 1.26. The molecule has 0 fully saturated rings. The minimum absolute atomic E-state index is 0.241. The molecular weight excluding hydrogens is 184 g/mol. The van der Waals surface area contributed by atoms with E-state index in [0.717, 1.165) is 0 Å². The van der Waals surface area contributed by atoms with Crippen LogP contribution in [-0.4, -0.2) is 35.0 Å². The van der Waals surface area contributed by atoms with Gasteiger partial charge in [0, 0.05) is 0 Å². The number of rotatable bonds is 1. The maximum absolute atomic E-state index is 11.3. The Morgan fingerprint density at radius 3 is 2.93 bits per heavy atom. The summed E-state index contributed by atoms with van der Waals surface area (Å²) in [5.74, 6) is -0.611. The van der Waals surface area contributed by atoms with E-state index in [0.29, 0.717) is 19.3 Å². The summed E-state index contributed by atoms with van der Waals surface area (Å²) in [6, 6.07) is 0. The topological polar surface area (TPSA) is 66.8 Å². The third-order valence-corrected chi connectivity index (χ3v) is 2.50. The van der Waals surface area contributed by atoms with Crippen LogP contribution in [0.15, 0.2) is 12.2 Å². The number of aliphatic hydroxyl groups is 2. The van der Waals surface area contributed by atoms with E-state index in [1.807, 2.05) is 0 Å². The van der Waals surface area contributed by atoms with Gasteiger partial charge in [-0.15, -0.1) is 0 Å². The van der Waals surface area contributed by atoms with Crippen molar-refractivity contribution in [2.24, 2.45) is 0 Å². The van der Waals surface area contributed by atoms with E-state index >= 15 is 0 Å². The molecule has 0 radical (unpaired) electrons. The second kappa shape index (κ2) is 4.57. The molecule has 1 aliphatic rings. The van der Waals surface area contributed by atoms with Gasteiger partial charge < -0.3 is 14.9 Å². The number of esters is 1. The molecular formula is C10H16O4. The lowest BCUT2D eigenvalue weighted by Crippen LogP contribution is -2.40. The third-order valence-electron chi connectivity index (χ3n) is 2.50. The quantitative estimate of drug-likeness (QED) is 0.474. The highest BCUT2D eigenvalue weighted by atomic mass is 16.5. The normalized spacial score (nSPS) is 35.5. The highest BCUT2D eigenvalue weighted by molar-refractivity contribution is 5.79. The van der Waals surface area contributed by atoms with Gasteiger partial charge in [-0.25, -0.2) is 4.79 Å². The predicted molar refractivity (Wildman–Crippen MR) is 50.6 cm³/mol. The summed E-state index contributed by atoms with van der Waals surface area (Å²) in [6.07, 6.45) is 4.43. The van der Waals surface area contributed by atoms with Gasteiger partial charge in [0.15, 0.2) is 5.60 Å². The largest absolute Gasteiger partial charge is 0.467 e. The van der Waals surface area contributed by atoms with E-state index in [4.69, 9.17) is 0 Å². The Morgan fingerprint density at radius 2 is 2.29 bits per heavy atom. The molecule has 0 unspecified atom stereocenters. The minimum atomic E-state index is -1.43. The molecule has 0 heterocycles. The maximum Gasteiger partial charge on any atom is 0.337 e. The van der Waals surface area contributed by atoms with Crippen LogP contribution in [0.2, 0.25) is 0 Å². The number of ether oxygens (including phenoxy) is 1. The molecule has 0 amide bonds. The highest BCUT2D eigenvalue weighted by Gasteiger charge is 2.36. The molecule has 80 valence electrons. The number of carbonyl (C=O) groups excluding carboxylic acids is 1. The summed E-state index contributed by atoms with van der Waals surface area (Å²) >= 11 is 0. The number of carbonyl (C=O) groups is 1. The molecule has 0 spiro atoms. The van der Waals surface area contributed by atoms with Crippen LogP contribution in [0.3, 0.4) is 0 Å². The minimum Gasteiger partial charge on any atom is -0.467 e.